The van der Waals surface area contributed by atoms with Crippen LogP contribution in [-0.4, -0.2) is 52.3 Å². The van der Waals surface area contributed by atoms with Crippen molar-refractivity contribution in [1.82, 2.24) is 19.4 Å². The van der Waals surface area contributed by atoms with Crippen LogP contribution in [-0.2, 0) is 19.6 Å². The lowest BCUT2D eigenvalue weighted by atomic mass is 10.1. The summed E-state index contributed by atoms with van der Waals surface area (Å²) < 4.78 is 13.3. The number of benzene rings is 3. The van der Waals surface area contributed by atoms with Gasteiger partial charge in [0.2, 0.25) is 6.79 Å². The van der Waals surface area contributed by atoms with E-state index in [-0.39, 0.29) is 0 Å². The number of hydrogen-bond acceptors (Lipinski definition) is 5. The minimum atomic E-state index is 0.326. The molecular formula is C27H28N4O2. The predicted octanol–water partition coefficient (Wildman–Crippen LogP) is 4.13. The van der Waals surface area contributed by atoms with Crippen molar-refractivity contribution in [2.45, 2.75) is 19.6 Å². The van der Waals surface area contributed by atoms with Gasteiger partial charge in [-0.1, -0.05) is 48.5 Å². The van der Waals surface area contributed by atoms with E-state index in [0.717, 1.165) is 68.7 Å². The molecule has 1 fully saturated rings. The molecule has 0 spiro atoms. The third kappa shape index (κ3) is 4.32. The fraction of sp³-hybridized carbons (Fsp3) is 0.296. The van der Waals surface area contributed by atoms with Crippen LogP contribution in [0.15, 0.2) is 72.8 Å². The molecule has 6 rings (SSSR count). The number of ether oxygens (including phenoxy) is 2. The van der Waals surface area contributed by atoms with Crippen molar-refractivity contribution < 1.29 is 9.47 Å². The first-order chi connectivity index (χ1) is 16.3. The van der Waals surface area contributed by atoms with E-state index in [4.69, 9.17) is 14.5 Å². The van der Waals surface area contributed by atoms with Crippen molar-refractivity contribution in [1.29, 1.82) is 0 Å². The molecule has 0 radical (unpaired) electrons. The Morgan fingerprint density at radius 3 is 2.24 bits per heavy atom. The van der Waals surface area contributed by atoms with Crippen molar-refractivity contribution in [2.75, 3.05) is 33.0 Å². The third-order valence-corrected chi connectivity index (χ3v) is 6.59. The van der Waals surface area contributed by atoms with E-state index in [1.807, 2.05) is 6.07 Å². The number of piperazine rings is 1. The third-order valence-electron chi connectivity index (χ3n) is 6.59. The Kier molecular flexibility index (Phi) is 5.46. The Bertz CT molecular complexity index is 1250. The average molecular weight is 441 g/mol. The Balaban J connectivity index is 1.13. The molecule has 0 unspecified atom stereocenters. The first-order valence-electron chi connectivity index (χ1n) is 11.6. The van der Waals surface area contributed by atoms with Gasteiger partial charge in [0.15, 0.2) is 11.5 Å². The zero-order valence-corrected chi connectivity index (χ0v) is 18.7. The molecule has 1 aromatic heterocycles. The SMILES string of the molecule is c1ccc(Cn2c(CN3CCN(Cc4ccc5c(c4)OCO5)CC3)nc3ccccc32)cc1. The van der Waals surface area contributed by atoms with Crippen LogP contribution in [0.2, 0.25) is 0 Å². The summed E-state index contributed by atoms with van der Waals surface area (Å²) in [6, 6.07) is 25.4. The Morgan fingerprint density at radius 2 is 1.39 bits per heavy atom. The number of fused-ring (bicyclic) bond motifs is 2. The Labute approximate surface area is 194 Å². The summed E-state index contributed by atoms with van der Waals surface area (Å²) in [7, 11) is 0. The van der Waals surface area contributed by atoms with Crippen molar-refractivity contribution in [2.24, 2.45) is 0 Å². The van der Waals surface area contributed by atoms with Crippen LogP contribution >= 0.6 is 0 Å². The van der Waals surface area contributed by atoms with Crippen LogP contribution in [0.25, 0.3) is 11.0 Å². The topological polar surface area (TPSA) is 42.8 Å². The van der Waals surface area contributed by atoms with Gasteiger partial charge in [-0.3, -0.25) is 9.80 Å². The van der Waals surface area contributed by atoms with Crippen molar-refractivity contribution >= 4 is 11.0 Å². The first kappa shape index (κ1) is 20.3. The van der Waals surface area contributed by atoms with Crippen LogP contribution in [0.4, 0.5) is 0 Å². The van der Waals surface area contributed by atoms with Crippen LogP contribution in [0.3, 0.4) is 0 Å². The highest BCUT2D eigenvalue weighted by Gasteiger charge is 2.21. The predicted molar refractivity (Wildman–Crippen MR) is 128 cm³/mol. The van der Waals surface area contributed by atoms with Crippen molar-refractivity contribution in [3.63, 3.8) is 0 Å². The van der Waals surface area contributed by atoms with Gasteiger partial charge in [-0.2, -0.15) is 0 Å². The molecule has 4 aromatic rings. The molecule has 2 aliphatic heterocycles. The van der Waals surface area contributed by atoms with E-state index < -0.39 is 0 Å². The lowest BCUT2D eigenvalue weighted by Gasteiger charge is -2.34. The van der Waals surface area contributed by atoms with Gasteiger partial charge >= 0.3 is 0 Å². The van der Waals surface area contributed by atoms with E-state index in [1.165, 1.54) is 16.6 Å². The fourth-order valence-corrected chi connectivity index (χ4v) is 4.79. The molecule has 0 saturated carbocycles. The van der Waals surface area contributed by atoms with Gasteiger partial charge in [-0.15, -0.1) is 0 Å². The molecule has 0 atom stereocenters. The molecule has 0 N–H and O–H groups in total. The number of aromatic nitrogens is 2. The average Bonchev–Trinajstić information content (AvgIpc) is 3.45. The summed E-state index contributed by atoms with van der Waals surface area (Å²) in [6.45, 7) is 7.17. The van der Waals surface area contributed by atoms with E-state index in [1.54, 1.807) is 0 Å². The van der Waals surface area contributed by atoms with Crippen LogP contribution in [0.1, 0.15) is 17.0 Å². The molecule has 6 nitrogen and oxygen atoms in total. The van der Waals surface area contributed by atoms with Crippen LogP contribution < -0.4 is 9.47 Å². The van der Waals surface area contributed by atoms with Gasteiger partial charge in [-0.05, 0) is 35.4 Å². The summed E-state index contributed by atoms with van der Waals surface area (Å²) in [5.41, 5.74) is 4.86. The zero-order valence-electron chi connectivity index (χ0n) is 18.7. The minimum Gasteiger partial charge on any atom is -0.454 e. The van der Waals surface area contributed by atoms with E-state index in [0.29, 0.717) is 6.79 Å². The largest absolute Gasteiger partial charge is 0.454 e. The monoisotopic (exact) mass is 440 g/mol. The van der Waals surface area contributed by atoms with Crippen molar-refractivity contribution in [3.8, 4) is 11.5 Å². The first-order valence-corrected chi connectivity index (χ1v) is 11.6. The number of hydrogen-bond donors (Lipinski definition) is 0. The smallest absolute Gasteiger partial charge is 0.231 e. The molecule has 0 bridgehead atoms. The summed E-state index contributed by atoms with van der Waals surface area (Å²) in [5, 5.41) is 0. The molecule has 168 valence electrons. The lowest BCUT2D eigenvalue weighted by Crippen LogP contribution is -2.45. The minimum absolute atomic E-state index is 0.326. The molecule has 0 amide bonds. The number of rotatable bonds is 6. The second kappa shape index (κ2) is 8.89. The maximum absolute atomic E-state index is 5.53. The molecule has 1 saturated heterocycles. The summed E-state index contributed by atoms with van der Waals surface area (Å²) >= 11 is 0. The molecule has 0 aliphatic carbocycles. The summed E-state index contributed by atoms with van der Waals surface area (Å²) in [4.78, 5) is 10.0. The van der Waals surface area contributed by atoms with Gasteiger partial charge in [0.05, 0.1) is 17.6 Å². The quantitative estimate of drug-likeness (QED) is 0.451. The van der Waals surface area contributed by atoms with Crippen LogP contribution in [0.5, 0.6) is 11.5 Å². The second-order valence-corrected chi connectivity index (χ2v) is 8.83. The summed E-state index contributed by atoms with van der Waals surface area (Å²) in [6.07, 6.45) is 0. The van der Waals surface area contributed by atoms with Gasteiger partial charge in [0, 0.05) is 39.3 Å². The summed E-state index contributed by atoms with van der Waals surface area (Å²) in [5.74, 6) is 2.86. The molecule has 2 aliphatic rings. The van der Waals surface area contributed by atoms with Gasteiger partial charge in [0.1, 0.15) is 5.82 Å². The molecule has 33 heavy (non-hydrogen) atoms. The second-order valence-electron chi connectivity index (χ2n) is 8.83. The Morgan fingerprint density at radius 1 is 0.667 bits per heavy atom. The van der Waals surface area contributed by atoms with Gasteiger partial charge in [-0.25, -0.2) is 4.98 Å². The van der Waals surface area contributed by atoms with E-state index >= 15 is 0 Å². The molecule has 3 heterocycles. The maximum atomic E-state index is 5.53. The standard InChI is InChI=1S/C27H28N4O2/c1-2-6-21(7-3-1)18-31-24-9-5-4-8-23(24)28-27(31)19-30-14-12-29(13-15-30)17-22-10-11-25-26(16-22)33-20-32-25/h1-11,16H,12-15,17-20H2. The maximum Gasteiger partial charge on any atom is 0.231 e. The lowest BCUT2D eigenvalue weighted by molar-refractivity contribution is 0.119. The van der Waals surface area contributed by atoms with E-state index in [2.05, 4.69) is 81.1 Å². The van der Waals surface area contributed by atoms with E-state index in [9.17, 15) is 0 Å². The Hall–Kier alpha value is -3.35. The molecule has 3 aromatic carbocycles. The normalized spacial score (nSPS) is 16.5. The molecule has 6 heteroatoms. The number of imidazole rings is 1. The number of nitrogens with zero attached hydrogens (tertiary/aromatic N) is 4. The highest BCUT2D eigenvalue weighted by Crippen LogP contribution is 2.33. The van der Waals surface area contributed by atoms with Crippen LogP contribution in [0, 0.1) is 0 Å². The highest BCUT2D eigenvalue weighted by molar-refractivity contribution is 5.76. The van der Waals surface area contributed by atoms with Gasteiger partial charge < -0.3 is 14.0 Å². The molecular weight excluding hydrogens is 412 g/mol. The fourth-order valence-electron chi connectivity index (χ4n) is 4.79. The van der Waals surface area contributed by atoms with Gasteiger partial charge in [0.25, 0.3) is 0 Å². The van der Waals surface area contributed by atoms with Crippen molar-refractivity contribution in [3.05, 3.63) is 89.7 Å². The highest BCUT2D eigenvalue weighted by atomic mass is 16.7. The zero-order chi connectivity index (χ0) is 22.0. The number of para-hydroxylation sites is 2.